The number of ether oxygens (including phenoxy) is 1. The summed E-state index contributed by atoms with van der Waals surface area (Å²) in [6.07, 6.45) is -1.60. The highest BCUT2D eigenvalue weighted by atomic mass is 127. The third-order valence-electron chi connectivity index (χ3n) is 1.03. The van der Waals surface area contributed by atoms with Crippen molar-refractivity contribution in [3.8, 4) is 11.8 Å². The van der Waals surface area contributed by atoms with Crippen molar-refractivity contribution in [2.24, 2.45) is 0 Å². The van der Waals surface area contributed by atoms with Crippen molar-refractivity contribution < 1.29 is 14.6 Å². The van der Waals surface area contributed by atoms with E-state index in [9.17, 15) is 4.79 Å². The van der Waals surface area contributed by atoms with Crippen LogP contribution in [0.2, 0.25) is 0 Å². The third kappa shape index (κ3) is 7.87. The molecule has 0 aromatic rings. The molecule has 0 rings (SSSR count). The summed E-state index contributed by atoms with van der Waals surface area (Å²) in [7, 11) is 0. The normalized spacial score (nSPS) is 11.0. The summed E-state index contributed by atoms with van der Waals surface area (Å²) >= 11 is 2.10. The highest BCUT2D eigenvalue weighted by molar-refractivity contribution is 14.1. The Morgan fingerprint density at radius 1 is 1.69 bits per heavy atom. The van der Waals surface area contributed by atoms with E-state index in [1.807, 2.05) is 0 Å². The second kappa shape index (κ2) is 8.13. The quantitative estimate of drug-likeness (QED) is 0.352. The summed E-state index contributed by atoms with van der Waals surface area (Å²) in [4.78, 5) is 10.7. The number of aliphatic hydroxyl groups is 1. The Morgan fingerprint density at radius 3 is 2.92 bits per heavy atom. The van der Waals surface area contributed by atoms with Crippen LogP contribution in [0, 0.1) is 11.8 Å². The van der Waals surface area contributed by atoms with Crippen LogP contribution in [0.15, 0.2) is 0 Å². The number of nitrogens with one attached hydrogen (secondary N) is 1. The van der Waals surface area contributed by atoms with Gasteiger partial charge < -0.3 is 15.2 Å². The molecule has 0 bridgehead atoms. The molecule has 2 N–H and O–H groups in total. The summed E-state index contributed by atoms with van der Waals surface area (Å²) in [5.74, 6) is 5.42. The van der Waals surface area contributed by atoms with Crippen molar-refractivity contribution >= 4 is 28.7 Å². The minimum atomic E-state index is -1.14. The van der Waals surface area contributed by atoms with Crippen LogP contribution in [0.5, 0.6) is 0 Å². The zero-order chi connectivity index (χ0) is 10.1. The molecule has 0 aliphatic heterocycles. The van der Waals surface area contributed by atoms with E-state index in [-0.39, 0.29) is 6.42 Å². The van der Waals surface area contributed by atoms with Gasteiger partial charge in [-0.2, -0.15) is 0 Å². The summed E-state index contributed by atoms with van der Waals surface area (Å²) in [6.45, 7) is 2.24. The van der Waals surface area contributed by atoms with Gasteiger partial charge in [0, 0.05) is 6.54 Å². The molecule has 0 radical (unpaired) electrons. The van der Waals surface area contributed by atoms with Crippen molar-refractivity contribution in [3.63, 3.8) is 0 Å². The molecule has 0 fully saturated rings. The lowest BCUT2D eigenvalue weighted by atomic mass is 10.4. The number of hydrogen-bond acceptors (Lipinski definition) is 3. The minimum absolute atomic E-state index is 0.153. The average molecular weight is 297 g/mol. The van der Waals surface area contributed by atoms with Crippen molar-refractivity contribution in [2.45, 2.75) is 19.6 Å². The maximum atomic E-state index is 10.7. The van der Waals surface area contributed by atoms with E-state index in [1.54, 1.807) is 6.92 Å². The number of carbonyl (C=O) groups is 1. The topological polar surface area (TPSA) is 58.6 Å². The monoisotopic (exact) mass is 297 g/mol. The number of alkyl carbamates (subject to hydrolysis) is 1. The molecule has 0 spiro atoms. The number of hydrogen-bond donors (Lipinski definition) is 2. The van der Waals surface area contributed by atoms with Crippen molar-refractivity contribution in [1.29, 1.82) is 0 Å². The van der Waals surface area contributed by atoms with Gasteiger partial charge in [-0.05, 0) is 6.92 Å². The lowest BCUT2D eigenvalue weighted by Gasteiger charge is -2.08. The van der Waals surface area contributed by atoms with Gasteiger partial charge in [0.15, 0.2) is 0 Å². The summed E-state index contributed by atoms with van der Waals surface area (Å²) in [5, 5.41) is 11.5. The number of halogens is 1. The van der Waals surface area contributed by atoms with Gasteiger partial charge in [-0.3, -0.25) is 0 Å². The molecule has 1 amide bonds. The second-order valence-electron chi connectivity index (χ2n) is 2.08. The molecule has 0 saturated heterocycles. The van der Waals surface area contributed by atoms with E-state index >= 15 is 0 Å². The predicted octanol–water partition coefficient (Wildman–Crippen LogP) is 0.879. The Hall–Kier alpha value is -0.480. The molecule has 4 nitrogen and oxygen atoms in total. The molecule has 5 heteroatoms. The fraction of sp³-hybridized carbons (Fsp3) is 0.625. The first-order chi connectivity index (χ1) is 6.20. The first kappa shape index (κ1) is 12.5. The van der Waals surface area contributed by atoms with Crippen molar-refractivity contribution in [3.05, 3.63) is 0 Å². The molecular weight excluding hydrogens is 285 g/mol. The Morgan fingerprint density at radius 2 is 2.38 bits per heavy atom. The smallest absolute Gasteiger partial charge is 0.409 e. The number of aliphatic hydroxyl groups excluding tert-OH is 1. The highest BCUT2D eigenvalue weighted by Crippen LogP contribution is 1.93. The van der Waals surface area contributed by atoms with Crippen LogP contribution in [0.4, 0.5) is 4.79 Å². The van der Waals surface area contributed by atoms with Gasteiger partial charge in [-0.15, -0.1) is 0 Å². The molecule has 0 heterocycles. The van der Waals surface area contributed by atoms with Crippen LogP contribution in [-0.2, 0) is 4.74 Å². The fourth-order valence-electron chi connectivity index (χ4n) is 0.558. The first-order valence-electron chi connectivity index (χ1n) is 3.85. The standard InChI is InChI=1S/C8H12INO3/c1-2-10-8(12)13-7(11)5-3-4-6-9/h7,11H,2,5-6H2,1H3,(H,10,12). The zero-order valence-electron chi connectivity index (χ0n) is 7.34. The Kier molecular flexibility index (Phi) is 7.83. The van der Waals surface area contributed by atoms with E-state index in [0.717, 1.165) is 0 Å². The zero-order valence-corrected chi connectivity index (χ0v) is 9.50. The van der Waals surface area contributed by atoms with Gasteiger partial charge in [0.1, 0.15) is 0 Å². The van der Waals surface area contributed by atoms with Gasteiger partial charge in [0.25, 0.3) is 0 Å². The predicted molar refractivity (Wildman–Crippen MR) is 57.4 cm³/mol. The van der Waals surface area contributed by atoms with Crippen molar-refractivity contribution in [1.82, 2.24) is 5.32 Å². The third-order valence-corrected chi connectivity index (χ3v) is 1.41. The number of rotatable bonds is 3. The molecule has 1 atom stereocenters. The van der Waals surface area contributed by atoms with E-state index in [4.69, 9.17) is 5.11 Å². The number of alkyl halides is 1. The molecule has 74 valence electrons. The van der Waals surface area contributed by atoms with Gasteiger partial charge in [0.2, 0.25) is 6.29 Å². The largest absolute Gasteiger partial charge is 0.419 e. The molecule has 0 aliphatic rings. The van der Waals surface area contributed by atoms with Crippen LogP contribution in [0.25, 0.3) is 0 Å². The highest BCUT2D eigenvalue weighted by Gasteiger charge is 2.07. The maximum Gasteiger partial charge on any atom is 0.409 e. The van der Waals surface area contributed by atoms with Gasteiger partial charge in [0.05, 0.1) is 10.8 Å². The fourth-order valence-corrected chi connectivity index (χ4v) is 0.828. The van der Waals surface area contributed by atoms with Crippen LogP contribution in [0.1, 0.15) is 13.3 Å². The van der Waals surface area contributed by atoms with Crippen molar-refractivity contribution in [2.75, 3.05) is 11.0 Å². The minimum Gasteiger partial charge on any atom is -0.419 e. The first-order valence-corrected chi connectivity index (χ1v) is 5.37. The summed E-state index contributed by atoms with van der Waals surface area (Å²) in [6, 6.07) is 0. The maximum absolute atomic E-state index is 10.7. The lowest BCUT2D eigenvalue weighted by Crippen LogP contribution is -2.28. The van der Waals surface area contributed by atoms with E-state index in [1.165, 1.54) is 0 Å². The Balaban J connectivity index is 3.61. The molecule has 1 unspecified atom stereocenters. The van der Waals surface area contributed by atoms with Crippen LogP contribution >= 0.6 is 22.6 Å². The Labute approximate surface area is 91.2 Å². The van der Waals surface area contributed by atoms with Crippen LogP contribution in [-0.4, -0.2) is 28.5 Å². The molecule has 0 aromatic heterocycles. The van der Waals surface area contributed by atoms with E-state index in [0.29, 0.717) is 11.0 Å². The molecular formula is C8H12INO3. The molecule has 0 aliphatic carbocycles. The van der Waals surface area contributed by atoms with Gasteiger partial charge >= 0.3 is 6.09 Å². The Bertz CT molecular complexity index is 209. The van der Waals surface area contributed by atoms with Gasteiger partial charge in [-0.1, -0.05) is 34.4 Å². The van der Waals surface area contributed by atoms with E-state index in [2.05, 4.69) is 44.5 Å². The van der Waals surface area contributed by atoms with E-state index < -0.39 is 12.4 Å². The SMILES string of the molecule is CCNC(=O)OC(O)CC#CCI. The number of amides is 1. The molecule has 0 aromatic carbocycles. The van der Waals surface area contributed by atoms with Gasteiger partial charge in [-0.25, -0.2) is 4.79 Å². The molecule has 13 heavy (non-hydrogen) atoms. The van der Waals surface area contributed by atoms with Crippen LogP contribution in [0.3, 0.4) is 0 Å². The second-order valence-corrected chi connectivity index (χ2v) is 2.84. The number of carbonyl (C=O) groups excluding carboxylic acids is 1. The van der Waals surface area contributed by atoms with Crippen LogP contribution < -0.4 is 5.32 Å². The lowest BCUT2D eigenvalue weighted by molar-refractivity contribution is -0.0469. The summed E-state index contributed by atoms with van der Waals surface area (Å²) in [5.41, 5.74) is 0. The summed E-state index contributed by atoms with van der Waals surface area (Å²) < 4.78 is 5.24. The molecule has 0 saturated carbocycles. The average Bonchev–Trinajstić information content (AvgIpc) is 2.05.